The number of hydrazine groups is 1. The summed E-state index contributed by atoms with van der Waals surface area (Å²) in [4.78, 5) is 9.76. The minimum Gasteiger partial charge on any atom is -0.341 e. The molecule has 2 aromatic carbocycles. The minimum atomic E-state index is 0.260. The summed E-state index contributed by atoms with van der Waals surface area (Å²) in [6, 6.07) is 15.1. The number of hydrogen-bond acceptors (Lipinski definition) is 4. The number of hydrogen-bond donors (Lipinski definition) is 1. The molecule has 2 aliphatic rings. The van der Waals surface area contributed by atoms with Crippen molar-refractivity contribution in [2.45, 2.75) is 38.1 Å². The topological polar surface area (TPSA) is 35.2 Å². The third-order valence-electron chi connectivity index (χ3n) is 5.46. The van der Waals surface area contributed by atoms with Crippen molar-refractivity contribution in [3.63, 3.8) is 0 Å². The number of nitrogens with zero attached hydrogens (tertiary/aromatic N) is 3. The van der Waals surface area contributed by atoms with E-state index >= 15 is 0 Å². The Labute approximate surface area is 178 Å². The maximum absolute atomic E-state index is 4.97. The van der Waals surface area contributed by atoms with Crippen LogP contribution in [0.2, 0.25) is 0 Å². The van der Waals surface area contributed by atoms with Gasteiger partial charge in [0.1, 0.15) is 5.82 Å². The summed E-state index contributed by atoms with van der Waals surface area (Å²) in [5.41, 5.74) is 4.60. The molecule has 1 aromatic heterocycles. The van der Waals surface area contributed by atoms with Crippen LogP contribution in [0.3, 0.4) is 0 Å². The number of aromatic amines is 1. The number of rotatable bonds is 3. The second-order valence-electron chi connectivity index (χ2n) is 7.43. The van der Waals surface area contributed by atoms with Crippen LogP contribution in [0, 0.1) is 13.1 Å². The molecule has 0 bridgehead atoms. The lowest BCUT2D eigenvalue weighted by molar-refractivity contribution is -0.00548. The summed E-state index contributed by atoms with van der Waals surface area (Å²) >= 11 is 5.47. The van der Waals surface area contributed by atoms with Crippen LogP contribution in [0.15, 0.2) is 46.9 Å². The van der Waals surface area contributed by atoms with Crippen molar-refractivity contribution in [2.75, 3.05) is 6.54 Å². The number of aryl methyl sites for hydroxylation is 1. The number of aromatic nitrogens is 2. The Morgan fingerprint density at radius 2 is 2.07 bits per heavy atom. The van der Waals surface area contributed by atoms with E-state index in [1.807, 2.05) is 11.8 Å². The number of imidazole rings is 1. The highest BCUT2D eigenvalue weighted by molar-refractivity contribution is 9.10. The fraction of sp³-hybridized carbons (Fsp3) is 0.318. The summed E-state index contributed by atoms with van der Waals surface area (Å²) in [5.74, 6) is 1.06. The highest BCUT2D eigenvalue weighted by Gasteiger charge is 2.37. The molecule has 3 heterocycles. The van der Waals surface area contributed by atoms with Crippen molar-refractivity contribution in [1.82, 2.24) is 20.0 Å². The number of fused-ring (bicyclic) bond motifs is 1. The Morgan fingerprint density at radius 3 is 2.89 bits per heavy atom. The lowest BCUT2D eigenvalue weighted by Crippen LogP contribution is -2.41. The van der Waals surface area contributed by atoms with E-state index in [0.717, 1.165) is 34.3 Å². The molecular weight excluding hydrogens is 432 g/mol. The molecule has 28 heavy (non-hydrogen) atoms. The third-order valence-corrected chi connectivity index (χ3v) is 7.02. The highest BCUT2D eigenvalue weighted by atomic mass is 79.9. The number of halogens is 1. The zero-order valence-corrected chi connectivity index (χ0v) is 18.3. The van der Waals surface area contributed by atoms with Gasteiger partial charge in [-0.15, -0.1) is 0 Å². The monoisotopic (exact) mass is 453 g/mol. The van der Waals surface area contributed by atoms with E-state index < -0.39 is 0 Å². The smallest absolute Gasteiger partial charge is 0.126 e. The van der Waals surface area contributed by atoms with Gasteiger partial charge in [0.25, 0.3) is 0 Å². The van der Waals surface area contributed by atoms with Crippen LogP contribution in [0.5, 0.6) is 0 Å². The molecule has 1 radical (unpaired) electrons. The summed E-state index contributed by atoms with van der Waals surface area (Å²) < 4.78 is 1.09. The van der Waals surface area contributed by atoms with Gasteiger partial charge in [-0.2, -0.15) is 0 Å². The predicted molar refractivity (Wildman–Crippen MR) is 119 cm³/mol. The quantitative estimate of drug-likeness (QED) is 0.536. The van der Waals surface area contributed by atoms with Crippen LogP contribution in [0.25, 0.3) is 15.9 Å². The Bertz CT molecular complexity index is 1050. The second kappa shape index (κ2) is 7.25. The van der Waals surface area contributed by atoms with E-state index in [-0.39, 0.29) is 6.04 Å². The van der Waals surface area contributed by atoms with Crippen LogP contribution in [0.1, 0.15) is 42.8 Å². The van der Waals surface area contributed by atoms with Gasteiger partial charge in [0, 0.05) is 15.9 Å². The van der Waals surface area contributed by atoms with E-state index in [1.54, 1.807) is 0 Å². The summed E-state index contributed by atoms with van der Waals surface area (Å²) in [6.07, 6.45) is 5.92. The fourth-order valence-corrected chi connectivity index (χ4v) is 5.75. The third kappa shape index (κ3) is 3.17. The van der Waals surface area contributed by atoms with Gasteiger partial charge in [0.2, 0.25) is 0 Å². The fourth-order valence-electron chi connectivity index (χ4n) is 4.15. The van der Waals surface area contributed by atoms with Crippen molar-refractivity contribution in [3.05, 3.63) is 70.1 Å². The average Bonchev–Trinajstić information content (AvgIpc) is 3.39. The summed E-state index contributed by atoms with van der Waals surface area (Å²) in [6.45, 7) is 5.40. The maximum atomic E-state index is 4.97. The van der Waals surface area contributed by atoms with Crippen LogP contribution < -0.4 is 0 Å². The lowest BCUT2D eigenvalue weighted by Gasteiger charge is -2.34. The second-order valence-corrected chi connectivity index (χ2v) is 9.67. The molecule has 1 unspecified atom stereocenters. The molecule has 2 atom stereocenters. The van der Waals surface area contributed by atoms with Gasteiger partial charge in [-0.05, 0) is 49.9 Å². The molecule has 5 rings (SSSR count). The molecule has 1 N–H and O–H groups in total. The summed E-state index contributed by atoms with van der Waals surface area (Å²) in [5, 5.41) is 5.06. The van der Waals surface area contributed by atoms with Gasteiger partial charge in [0.05, 0.1) is 28.6 Å². The molecule has 1 fully saturated rings. The van der Waals surface area contributed by atoms with Gasteiger partial charge in [0.15, 0.2) is 0 Å². The largest absolute Gasteiger partial charge is 0.341 e. The number of H-pyrrole nitrogens is 1. The number of thioether (sulfide) groups is 1. The molecule has 143 valence electrons. The van der Waals surface area contributed by atoms with E-state index in [9.17, 15) is 0 Å². The van der Waals surface area contributed by atoms with Crippen LogP contribution >= 0.6 is 27.7 Å². The molecule has 4 nitrogen and oxygen atoms in total. The van der Waals surface area contributed by atoms with Crippen molar-refractivity contribution >= 4 is 43.6 Å². The normalized spacial score (nSPS) is 23.0. The zero-order chi connectivity index (χ0) is 19.3. The first-order valence-electron chi connectivity index (χ1n) is 9.67. The van der Waals surface area contributed by atoms with E-state index in [0.29, 0.717) is 5.37 Å². The van der Waals surface area contributed by atoms with Crippen LogP contribution in [-0.4, -0.2) is 31.9 Å². The molecule has 3 aromatic rings. The first-order chi connectivity index (χ1) is 13.6. The van der Waals surface area contributed by atoms with E-state index in [1.165, 1.54) is 22.5 Å². The Kier molecular flexibility index (Phi) is 4.73. The van der Waals surface area contributed by atoms with E-state index in [2.05, 4.69) is 93.4 Å². The van der Waals surface area contributed by atoms with Crippen molar-refractivity contribution in [3.8, 4) is 0 Å². The zero-order valence-electron chi connectivity index (χ0n) is 15.9. The Morgan fingerprint density at radius 1 is 1.25 bits per heavy atom. The highest BCUT2D eigenvalue weighted by Crippen LogP contribution is 2.43. The average molecular weight is 454 g/mol. The lowest BCUT2D eigenvalue weighted by atomic mass is 10.2. The number of nitrogens with one attached hydrogen (secondary N) is 1. The minimum absolute atomic E-state index is 0.260. The Hall–Kier alpha value is -1.76. The molecule has 0 saturated carbocycles. The van der Waals surface area contributed by atoms with Gasteiger partial charge >= 0.3 is 0 Å². The molecule has 1 saturated heterocycles. The van der Waals surface area contributed by atoms with Crippen molar-refractivity contribution in [1.29, 1.82) is 0 Å². The van der Waals surface area contributed by atoms with Gasteiger partial charge in [-0.3, -0.25) is 5.01 Å². The van der Waals surface area contributed by atoms with Crippen molar-refractivity contribution in [2.24, 2.45) is 0 Å². The van der Waals surface area contributed by atoms with E-state index in [4.69, 9.17) is 4.98 Å². The predicted octanol–water partition coefficient (Wildman–Crippen LogP) is 5.88. The standard InChI is InChI=1S/C22H22BrN4S/c1-14-11-17(23)12-18-21(14)25-22(24-18)19-9-6-10-26(19)27-13-20(28-15(27)2)16-7-4-3-5-8-16/h3-5,7-8,11-12,15,19H,6,9-10H2,1-2H3,(H,24,25)/t15?,19-/m0/s1. The number of benzene rings is 2. The molecule has 0 spiro atoms. The molecular formula is C22H22BrN4S. The van der Waals surface area contributed by atoms with Gasteiger partial charge in [-0.1, -0.05) is 58.0 Å². The molecule has 6 heteroatoms. The maximum Gasteiger partial charge on any atom is 0.126 e. The molecule has 0 amide bonds. The first-order valence-corrected chi connectivity index (χ1v) is 11.3. The SMILES string of the molecule is Cc1cc(Br)cc2[nH]c([C@@H]3CCCN3N3[C]=C(c4ccccc4)SC3C)nc12. The van der Waals surface area contributed by atoms with Gasteiger partial charge in [-0.25, -0.2) is 9.99 Å². The van der Waals surface area contributed by atoms with Crippen LogP contribution in [-0.2, 0) is 0 Å². The first kappa shape index (κ1) is 18.3. The van der Waals surface area contributed by atoms with Crippen molar-refractivity contribution < 1.29 is 0 Å². The molecule has 2 aliphatic heterocycles. The summed E-state index contributed by atoms with van der Waals surface area (Å²) in [7, 11) is 0. The van der Waals surface area contributed by atoms with Crippen LogP contribution in [0.4, 0.5) is 0 Å². The Balaban J connectivity index is 1.47. The van der Waals surface area contributed by atoms with Gasteiger partial charge < -0.3 is 4.98 Å². The molecule has 0 aliphatic carbocycles.